The Labute approximate surface area is 95.7 Å². The molecule has 0 bridgehead atoms. The Kier molecular flexibility index (Phi) is 5.25. The standard InChI is InChI=1S/C11H19NO4/c1-3-16-11(14)9-6-4-5-7-12(9)8-10(13)15-2/h9H,3-8H2,1-2H3. The van der Waals surface area contributed by atoms with E-state index in [4.69, 9.17) is 4.74 Å². The number of carbonyl (C=O) groups excluding carboxylic acids is 2. The molecule has 1 atom stereocenters. The van der Waals surface area contributed by atoms with E-state index in [1.54, 1.807) is 6.92 Å². The van der Waals surface area contributed by atoms with Crippen molar-refractivity contribution in [2.75, 3.05) is 26.8 Å². The minimum absolute atomic E-state index is 0.167. The van der Waals surface area contributed by atoms with Crippen molar-refractivity contribution in [1.82, 2.24) is 4.90 Å². The number of likely N-dealkylation sites (tertiary alicyclic amines) is 1. The molecule has 0 saturated carbocycles. The van der Waals surface area contributed by atoms with Gasteiger partial charge in [0.25, 0.3) is 0 Å². The molecule has 0 aliphatic carbocycles. The molecule has 0 aromatic heterocycles. The first-order chi connectivity index (χ1) is 7.69. The lowest BCUT2D eigenvalue weighted by Crippen LogP contribution is -2.47. The van der Waals surface area contributed by atoms with Crippen molar-refractivity contribution in [2.24, 2.45) is 0 Å². The zero-order chi connectivity index (χ0) is 12.0. The second-order valence-corrected chi connectivity index (χ2v) is 3.81. The van der Waals surface area contributed by atoms with Gasteiger partial charge in [-0.25, -0.2) is 0 Å². The Hall–Kier alpha value is -1.10. The molecule has 92 valence electrons. The molecule has 1 saturated heterocycles. The molecule has 1 rings (SSSR count). The average molecular weight is 229 g/mol. The maximum Gasteiger partial charge on any atom is 0.323 e. The van der Waals surface area contributed by atoms with E-state index < -0.39 is 0 Å². The zero-order valence-electron chi connectivity index (χ0n) is 9.90. The molecule has 1 aliphatic heterocycles. The van der Waals surface area contributed by atoms with Gasteiger partial charge in [-0.15, -0.1) is 0 Å². The van der Waals surface area contributed by atoms with Crippen LogP contribution in [0.4, 0.5) is 0 Å². The third-order valence-corrected chi connectivity index (χ3v) is 2.73. The smallest absolute Gasteiger partial charge is 0.323 e. The number of piperidine rings is 1. The van der Waals surface area contributed by atoms with Crippen LogP contribution in [0.3, 0.4) is 0 Å². The monoisotopic (exact) mass is 229 g/mol. The summed E-state index contributed by atoms with van der Waals surface area (Å²) in [5, 5.41) is 0. The first-order valence-corrected chi connectivity index (χ1v) is 5.66. The van der Waals surface area contributed by atoms with Crippen LogP contribution >= 0.6 is 0 Å². The number of hydrogen-bond donors (Lipinski definition) is 0. The van der Waals surface area contributed by atoms with Crippen LogP contribution in [0.5, 0.6) is 0 Å². The number of rotatable bonds is 4. The van der Waals surface area contributed by atoms with Crippen LogP contribution < -0.4 is 0 Å². The molecule has 5 nitrogen and oxygen atoms in total. The highest BCUT2D eigenvalue weighted by molar-refractivity contribution is 5.77. The van der Waals surface area contributed by atoms with Crippen molar-refractivity contribution in [3.63, 3.8) is 0 Å². The second-order valence-electron chi connectivity index (χ2n) is 3.81. The van der Waals surface area contributed by atoms with E-state index >= 15 is 0 Å². The highest BCUT2D eigenvalue weighted by Crippen LogP contribution is 2.17. The molecular formula is C11H19NO4. The van der Waals surface area contributed by atoms with Gasteiger partial charge in [-0.2, -0.15) is 0 Å². The molecular weight excluding hydrogens is 210 g/mol. The van der Waals surface area contributed by atoms with Crippen LogP contribution in [-0.4, -0.2) is 49.7 Å². The Morgan fingerprint density at radius 1 is 1.38 bits per heavy atom. The van der Waals surface area contributed by atoms with Crippen LogP contribution in [0.25, 0.3) is 0 Å². The molecule has 0 aromatic rings. The maximum absolute atomic E-state index is 11.7. The first-order valence-electron chi connectivity index (χ1n) is 5.66. The van der Waals surface area contributed by atoms with Gasteiger partial charge in [0.15, 0.2) is 0 Å². The van der Waals surface area contributed by atoms with Gasteiger partial charge in [0, 0.05) is 0 Å². The molecule has 0 spiro atoms. The molecule has 1 unspecified atom stereocenters. The third kappa shape index (κ3) is 3.48. The van der Waals surface area contributed by atoms with Gasteiger partial charge in [-0.3, -0.25) is 14.5 Å². The summed E-state index contributed by atoms with van der Waals surface area (Å²) < 4.78 is 9.60. The average Bonchev–Trinajstić information content (AvgIpc) is 2.30. The predicted molar refractivity (Wildman–Crippen MR) is 57.9 cm³/mol. The molecule has 0 amide bonds. The van der Waals surface area contributed by atoms with Gasteiger partial charge in [0.1, 0.15) is 6.04 Å². The fraction of sp³-hybridized carbons (Fsp3) is 0.818. The van der Waals surface area contributed by atoms with Crippen molar-refractivity contribution in [2.45, 2.75) is 32.2 Å². The van der Waals surface area contributed by atoms with Gasteiger partial charge in [-0.1, -0.05) is 6.42 Å². The van der Waals surface area contributed by atoms with Gasteiger partial charge < -0.3 is 9.47 Å². The quantitative estimate of drug-likeness (QED) is 0.660. The SMILES string of the molecule is CCOC(=O)C1CCCCN1CC(=O)OC. The van der Waals surface area contributed by atoms with E-state index in [1.165, 1.54) is 7.11 Å². The largest absolute Gasteiger partial charge is 0.468 e. The lowest BCUT2D eigenvalue weighted by Gasteiger charge is -2.32. The Morgan fingerprint density at radius 2 is 2.12 bits per heavy atom. The van der Waals surface area contributed by atoms with Crippen molar-refractivity contribution in [1.29, 1.82) is 0 Å². The molecule has 0 aromatic carbocycles. The lowest BCUT2D eigenvalue weighted by molar-refractivity contribution is -0.153. The van der Waals surface area contributed by atoms with Crippen LogP contribution in [0.1, 0.15) is 26.2 Å². The zero-order valence-corrected chi connectivity index (χ0v) is 9.90. The van der Waals surface area contributed by atoms with E-state index in [2.05, 4.69) is 4.74 Å². The van der Waals surface area contributed by atoms with Crippen LogP contribution in [0.2, 0.25) is 0 Å². The van der Waals surface area contributed by atoms with Crippen molar-refractivity contribution >= 4 is 11.9 Å². The fourth-order valence-corrected chi connectivity index (χ4v) is 1.92. The van der Waals surface area contributed by atoms with E-state index in [9.17, 15) is 9.59 Å². The normalized spacial score (nSPS) is 21.5. The summed E-state index contributed by atoms with van der Waals surface area (Å²) in [6.45, 7) is 3.07. The van der Waals surface area contributed by atoms with Gasteiger partial charge >= 0.3 is 11.9 Å². The summed E-state index contributed by atoms with van der Waals surface area (Å²) in [6, 6.07) is -0.284. The fourth-order valence-electron chi connectivity index (χ4n) is 1.92. The predicted octanol–water partition coefficient (Wildman–Crippen LogP) is 0.577. The third-order valence-electron chi connectivity index (χ3n) is 2.73. The molecule has 0 radical (unpaired) electrons. The Morgan fingerprint density at radius 3 is 2.75 bits per heavy atom. The van der Waals surface area contributed by atoms with Gasteiger partial charge in [-0.05, 0) is 26.3 Å². The van der Waals surface area contributed by atoms with Gasteiger partial charge in [0.05, 0.1) is 20.3 Å². The number of hydrogen-bond acceptors (Lipinski definition) is 5. The highest BCUT2D eigenvalue weighted by Gasteiger charge is 2.31. The summed E-state index contributed by atoms with van der Waals surface area (Å²) in [6.07, 6.45) is 2.77. The van der Waals surface area contributed by atoms with Crippen molar-refractivity contribution in [3.8, 4) is 0 Å². The lowest BCUT2D eigenvalue weighted by atomic mass is 10.0. The number of methoxy groups -OCH3 is 1. The summed E-state index contributed by atoms with van der Waals surface area (Å²) in [5.41, 5.74) is 0. The minimum Gasteiger partial charge on any atom is -0.468 e. The molecule has 16 heavy (non-hydrogen) atoms. The molecule has 1 aliphatic rings. The molecule has 0 N–H and O–H groups in total. The highest BCUT2D eigenvalue weighted by atomic mass is 16.5. The van der Waals surface area contributed by atoms with E-state index in [0.29, 0.717) is 6.61 Å². The summed E-state index contributed by atoms with van der Waals surface area (Å²) in [4.78, 5) is 24.7. The summed E-state index contributed by atoms with van der Waals surface area (Å²) >= 11 is 0. The van der Waals surface area contributed by atoms with Crippen molar-refractivity contribution in [3.05, 3.63) is 0 Å². The van der Waals surface area contributed by atoms with E-state index in [1.807, 2.05) is 4.90 Å². The number of ether oxygens (including phenoxy) is 2. The second kappa shape index (κ2) is 6.48. The van der Waals surface area contributed by atoms with Crippen molar-refractivity contribution < 1.29 is 19.1 Å². The minimum atomic E-state index is -0.309. The Bertz CT molecular complexity index is 254. The maximum atomic E-state index is 11.7. The van der Waals surface area contributed by atoms with E-state index in [-0.39, 0.29) is 24.5 Å². The summed E-state index contributed by atoms with van der Waals surface area (Å²) in [7, 11) is 1.35. The number of carbonyl (C=O) groups is 2. The number of nitrogens with zero attached hydrogens (tertiary/aromatic N) is 1. The summed E-state index contributed by atoms with van der Waals surface area (Å²) in [5.74, 6) is -0.540. The Balaban J connectivity index is 2.56. The van der Waals surface area contributed by atoms with Crippen LogP contribution in [0, 0.1) is 0 Å². The first kappa shape index (κ1) is 13.0. The molecule has 5 heteroatoms. The number of esters is 2. The van der Waals surface area contributed by atoms with E-state index in [0.717, 1.165) is 25.8 Å². The van der Waals surface area contributed by atoms with Gasteiger partial charge in [0.2, 0.25) is 0 Å². The van der Waals surface area contributed by atoms with Crippen LogP contribution in [-0.2, 0) is 19.1 Å². The molecule has 1 heterocycles. The molecule has 1 fully saturated rings. The van der Waals surface area contributed by atoms with Crippen LogP contribution in [0.15, 0.2) is 0 Å². The topological polar surface area (TPSA) is 55.8 Å².